The third kappa shape index (κ3) is 25.2. The molecule has 0 heterocycles. The number of unbranched alkanes of at least 4 members (excludes halogenated alkanes) is 14. The molecule has 0 spiro atoms. The Hall–Kier alpha value is -0.300. The van der Waals surface area contributed by atoms with Crippen LogP contribution in [0.15, 0.2) is 0 Å². The summed E-state index contributed by atoms with van der Waals surface area (Å²) in [6.07, 6.45) is 18.4. The maximum atomic E-state index is 11.6. The fraction of sp³-hybridized carbons (Fsp3) is 1.00. The van der Waals surface area contributed by atoms with Crippen molar-refractivity contribution >= 4 is 20.2 Å². The lowest BCUT2D eigenvalue weighted by Crippen LogP contribution is -2.27. The van der Waals surface area contributed by atoms with Crippen molar-refractivity contribution in [2.24, 2.45) is 0 Å². The highest BCUT2D eigenvalue weighted by molar-refractivity contribution is 7.86. The molecule has 0 saturated carbocycles. The lowest BCUT2D eigenvalue weighted by Gasteiger charge is -2.15. The molecule has 0 aromatic rings. The van der Waals surface area contributed by atoms with Gasteiger partial charge in [-0.2, -0.15) is 16.8 Å². The summed E-state index contributed by atoms with van der Waals surface area (Å²) < 4.78 is 81.8. The molecule has 0 radical (unpaired) electrons. The molecule has 0 saturated heterocycles. The zero-order chi connectivity index (χ0) is 29.2. The Morgan fingerprint density at radius 2 is 0.744 bits per heavy atom. The lowest BCUT2D eigenvalue weighted by molar-refractivity contribution is 0.0136. The van der Waals surface area contributed by atoms with Gasteiger partial charge in [-0.15, -0.1) is 0 Å². The Kier molecular flexibility index (Phi) is 25.2. The summed E-state index contributed by atoms with van der Waals surface area (Å²) >= 11 is 0. The van der Waals surface area contributed by atoms with Crippen molar-refractivity contribution < 1.29 is 40.2 Å². The predicted molar refractivity (Wildman–Crippen MR) is 158 cm³/mol. The van der Waals surface area contributed by atoms with E-state index < -0.39 is 30.7 Å². The SMILES string of the molecule is CCCCCCCCCCC(COCCOCCOCC(CCCCCCCCCC)S(=O)(=O)O)S(=O)(=O)O. The first-order valence-electron chi connectivity index (χ1n) is 15.3. The first-order valence-corrected chi connectivity index (χ1v) is 18.3. The van der Waals surface area contributed by atoms with Gasteiger partial charge in [-0.05, 0) is 12.8 Å². The van der Waals surface area contributed by atoms with E-state index in [9.17, 15) is 25.9 Å². The van der Waals surface area contributed by atoms with Crippen molar-refractivity contribution in [3.8, 4) is 0 Å². The maximum Gasteiger partial charge on any atom is 0.270 e. The van der Waals surface area contributed by atoms with Crippen molar-refractivity contribution in [3.63, 3.8) is 0 Å². The van der Waals surface area contributed by atoms with Crippen molar-refractivity contribution in [2.75, 3.05) is 39.6 Å². The molecule has 0 fully saturated rings. The molecule has 0 bridgehead atoms. The van der Waals surface area contributed by atoms with E-state index in [2.05, 4.69) is 13.8 Å². The number of ether oxygens (including phenoxy) is 3. The molecule has 0 amide bonds. The average molecular weight is 603 g/mol. The summed E-state index contributed by atoms with van der Waals surface area (Å²) in [6.45, 7) is 5.00. The molecule has 0 aromatic heterocycles. The van der Waals surface area contributed by atoms with Crippen molar-refractivity contribution in [2.45, 2.75) is 140 Å². The second-order valence-electron chi connectivity index (χ2n) is 10.6. The summed E-state index contributed by atoms with van der Waals surface area (Å²) in [5, 5.41) is -1.86. The average Bonchev–Trinajstić information content (AvgIpc) is 2.86. The molecule has 0 aliphatic carbocycles. The van der Waals surface area contributed by atoms with Crippen molar-refractivity contribution in [1.82, 2.24) is 0 Å². The molecule has 0 aliphatic heterocycles. The Morgan fingerprint density at radius 1 is 0.462 bits per heavy atom. The normalized spacial score (nSPS) is 14.1. The van der Waals surface area contributed by atoms with E-state index in [1.165, 1.54) is 51.4 Å². The fourth-order valence-electron chi connectivity index (χ4n) is 4.42. The van der Waals surface area contributed by atoms with Gasteiger partial charge in [-0.3, -0.25) is 9.11 Å². The number of hydrogen-bond acceptors (Lipinski definition) is 7. The molecule has 0 rings (SSSR count). The van der Waals surface area contributed by atoms with E-state index in [4.69, 9.17) is 14.2 Å². The van der Waals surface area contributed by atoms with Gasteiger partial charge >= 0.3 is 0 Å². The van der Waals surface area contributed by atoms with E-state index >= 15 is 0 Å². The van der Waals surface area contributed by atoms with Crippen molar-refractivity contribution in [3.05, 3.63) is 0 Å². The van der Waals surface area contributed by atoms with E-state index in [1.807, 2.05) is 0 Å². The predicted octanol–water partition coefficient (Wildman–Crippen LogP) is 6.61. The van der Waals surface area contributed by atoms with Gasteiger partial charge in [0.05, 0.1) is 39.6 Å². The van der Waals surface area contributed by atoms with E-state index in [1.54, 1.807) is 0 Å². The van der Waals surface area contributed by atoms with Crippen LogP contribution < -0.4 is 0 Å². The van der Waals surface area contributed by atoms with Crippen LogP contribution in [0, 0.1) is 0 Å². The van der Waals surface area contributed by atoms with Crippen LogP contribution in [-0.4, -0.2) is 76.1 Å². The molecule has 236 valence electrons. The van der Waals surface area contributed by atoms with Gasteiger partial charge in [0.1, 0.15) is 10.5 Å². The van der Waals surface area contributed by atoms with Crippen LogP contribution in [-0.2, 0) is 34.4 Å². The molecule has 2 N–H and O–H groups in total. The highest BCUT2D eigenvalue weighted by atomic mass is 32.2. The minimum Gasteiger partial charge on any atom is -0.378 e. The molecular formula is C28H58O9S2. The van der Waals surface area contributed by atoms with Gasteiger partial charge in [-0.1, -0.05) is 117 Å². The largest absolute Gasteiger partial charge is 0.378 e. The summed E-state index contributed by atoms with van der Waals surface area (Å²) in [5.41, 5.74) is 0. The summed E-state index contributed by atoms with van der Waals surface area (Å²) in [4.78, 5) is 0. The van der Waals surface area contributed by atoms with Crippen LogP contribution in [0.5, 0.6) is 0 Å². The van der Waals surface area contributed by atoms with Gasteiger partial charge in [0.15, 0.2) is 0 Å². The van der Waals surface area contributed by atoms with Crippen molar-refractivity contribution in [1.29, 1.82) is 0 Å². The Labute approximate surface area is 239 Å². The van der Waals surface area contributed by atoms with Crippen LogP contribution >= 0.6 is 0 Å². The maximum absolute atomic E-state index is 11.6. The lowest BCUT2D eigenvalue weighted by atomic mass is 10.1. The minimum absolute atomic E-state index is 0.0794. The first-order chi connectivity index (χ1) is 18.6. The first kappa shape index (κ1) is 38.7. The topological polar surface area (TPSA) is 136 Å². The van der Waals surface area contributed by atoms with Gasteiger partial charge in [-0.25, -0.2) is 0 Å². The third-order valence-electron chi connectivity index (χ3n) is 6.95. The monoisotopic (exact) mass is 602 g/mol. The second-order valence-corrected chi connectivity index (χ2v) is 14.0. The molecule has 9 nitrogen and oxygen atoms in total. The third-order valence-corrected chi connectivity index (χ3v) is 9.38. The van der Waals surface area contributed by atoms with Gasteiger partial charge in [0.2, 0.25) is 0 Å². The van der Waals surface area contributed by atoms with Crippen LogP contribution in [0.1, 0.15) is 129 Å². The fourth-order valence-corrected chi connectivity index (χ4v) is 5.88. The van der Waals surface area contributed by atoms with E-state index in [-0.39, 0.29) is 39.6 Å². The van der Waals surface area contributed by atoms with Crippen LogP contribution in [0.4, 0.5) is 0 Å². The van der Waals surface area contributed by atoms with E-state index in [0.717, 1.165) is 51.4 Å². The molecule has 2 atom stereocenters. The minimum atomic E-state index is -4.17. The van der Waals surface area contributed by atoms with Crippen LogP contribution in [0.3, 0.4) is 0 Å². The Bertz CT molecular complexity index is 680. The smallest absolute Gasteiger partial charge is 0.270 e. The molecular weight excluding hydrogens is 544 g/mol. The quantitative estimate of drug-likeness (QED) is 0.0687. The van der Waals surface area contributed by atoms with Gasteiger partial charge in [0.25, 0.3) is 20.2 Å². The summed E-state index contributed by atoms with van der Waals surface area (Å²) in [7, 11) is -8.33. The summed E-state index contributed by atoms with van der Waals surface area (Å²) in [6, 6.07) is 0. The van der Waals surface area contributed by atoms with Gasteiger partial charge < -0.3 is 14.2 Å². The van der Waals surface area contributed by atoms with E-state index in [0.29, 0.717) is 12.8 Å². The van der Waals surface area contributed by atoms with Crippen LogP contribution in [0.2, 0.25) is 0 Å². The Balaban J connectivity index is 3.91. The molecule has 0 aromatic carbocycles. The second kappa shape index (κ2) is 25.4. The van der Waals surface area contributed by atoms with Gasteiger partial charge in [0, 0.05) is 0 Å². The highest BCUT2D eigenvalue weighted by Crippen LogP contribution is 2.15. The number of rotatable bonds is 30. The molecule has 39 heavy (non-hydrogen) atoms. The standard InChI is InChI=1S/C28H58O9S2/c1-3-5-7-9-11-13-15-17-19-27(38(29,30)31)25-36-23-21-35-22-24-37-26-28(39(32,33)34)20-18-16-14-12-10-8-6-4-2/h27-28H,3-26H2,1-2H3,(H,29,30,31)(H,32,33,34). The molecule has 2 unspecified atom stereocenters. The molecule has 11 heteroatoms. The Morgan fingerprint density at radius 3 is 1.05 bits per heavy atom. The molecule has 0 aliphatic rings. The zero-order valence-corrected chi connectivity index (χ0v) is 26.3. The van der Waals surface area contributed by atoms with Crippen LogP contribution in [0.25, 0.3) is 0 Å². The zero-order valence-electron chi connectivity index (χ0n) is 24.7. The summed E-state index contributed by atoms with van der Waals surface area (Å²) in [5.74, 6) is 0. The number of hydrogen-bond donors (Lipinski definition) is 2. The highest BCUT2D eigenvalue weighted by Gasteiger charge is 2.23.